The molecule has 2 aromatic rings. The second-order valence-corrected chi connectivity index (χ2v) is 8.94. The van der Waals surface area contributed by atoms with Crippen molar-refractivity contribution in [2.24, 2.45) is 0 Å². The molecule has 124 valence electrons. The first-order valence-corrected chi connectivity index (χ1v) is 10.8. The highest BCUT2D eigenvalue weighted by atomic mass is 32.1. The maximum absolute atomic E-state index is 2.52. The van der Waals surface area contributed by atoms with E-state index in [1.54, 1.807) is 24.7 Å². The summed E-state index contributed by atoms with van der Waals surface area (Å²) in [5.41, 5.74) is 0. The number of thiophene rings is 2. The number of unbranched alkanes of at least 4 members (excludes halogenated alkanes) is 3. The van der Waals surface area contributed by atoms with Gasteiger partial charge in [-0.25, -0.2) is 0 Å². The van der Waals surface area contributed by atoms with Crippen molar-refractivity contribution >= 4 is 32.8 Å². The third kappa shape index (κ3) is 3.94. The van der Waals surface area contributed by atoms with Crippen molar-refractivity contribution in [1.29, 1.82) is 0 Å². The molecule has 2 atom stereocenters. The van der Waals surface area contributed by atoms with Crippen LogP contribution in [0.4, 0.5) is 0 Å². The summed E-state index contributed by atoms with van der Waals surface area (Å²) in [6, 6.07) is 2.52. The van der Waals surface area contributed by atoms with Crippen LogP contribution in [0.2, 0.25) is 0 Å². The molecule has 0 nitrogen and oxygen atoms in total. The molecular formula is C20H32S2. The zero-order chi connectivity index (χ0) is 16.1. The number of aryl methyl sites for hydroxylation is 1. The number of hydrogen-bond acceptors (Lipinski definition) is 2. The minimum atomic E-state index is 0.702. The normalized spacial score (nSPS) is 14.6. The summed E-state index contributed by atoms with van der Waals surface area (Å²) in [5, 5.41) is 1.59. The van der Waals surface area contributed by atoms with E-state index in [4.69, 9.17) is 0 Å². The van der Waals surface area contributed by atoms with E-state index < -0.39 is 0 Å². The Morgan fingerprint density at radius 1 is 0.864 bits per heavy atom. The quantitative estimate of drug-likeness (QED) is 0.406. The fraction of sp³-hybridized carbons (Fsp3) is 0.700. The molecule has 0 saturated heterocycles. The van der Waals surface area contributed by atoms with Crippen LogP contribution < -0.4 is 0 Å². The Hall–Kier alpha value is -0.340. The van der Waals surface area contributed by atoms with Crippen LogP contribution in [0.15, 0.2) is 6.07 Å². The standard InChI is InChI=1S/C20H32S2/c1-6-9-10-11-12-16-13-17-18(14(4)7-2)22-19(15(5)8-3)20(17)21-16/h13-15H,6-12H2,1-5H3. The Morgan fingerprint density at radius 3 is 2.18 bits per heavy atom. The van der Waals surface area contributed by atoms with E-state index >= 15 is 0 Å². The van der Waals surface area contributed by atoms with Crippen molar-refractivity contribution < 1.29 is 0 Å². The summed E-state index contributed by atoms with van der Waals surface area (Å²) >= 11 is 4.18. The second-order valence-electron chi connectivity index (χ2n) is 6.72. The van der Waals surface area contributed by atoms with Gasteiger partial charge in [0.15, 0.2) is 0 Å². The molecule has 2 aromatic heterocycles. The predicted molar refractivity (Wildman–Crippen MR) is 105 cm³/mol. The first-order chi connectivity index (χ1) is 10.6. The fourth-order valence-corrected chi connectivity index (χ4v) is 5.97. The van der Waals surface area contributed by atoms with Gasteiger partial charge in [0, 0.05) is 24.7 Å². The highest BCUT2D eigenvalue weighted by Gasteiger charge is 2.20. The Kier molecular flexibility index (Phi) is 6.95. The zero-order valence-corrected chi connectivity index (χ0v) is 16.6. The summed E-state index contributed by atoms with van der Waals surface area (Å²) in [7, 11) is 0. The molecule has 0 aromatic carbocycles. The van der Waals surface area contributed by atoms with Gasteiger partial charge in [0.05, 0.1) is 0 Å². The SMILES string of the molecule is CCCCCCc1cc2c(C(C)CC)sc(C(C)CC)c2s1. The van der Waals surface area contributed by atoms with Crippen LogP contribution in [-0.4, -0.2) is 0 Å². The average molecular weight is 337 g/mol. The molecule has 2 heteroatoms. The molecule has 0 radical (unpaired) electrons. The molecule has 0 spiro atoms. The number of hydrogen-bond donors (Lipinski definition) is 0. The van der Waals surface area contributed by atoms with Crippen molar-refractivity contribution in [3.63, 3.8) is 0 Å². The summed E-state index contributed by atoms with van der Waals surface area (Å²) < 4.78 is 1.61. The van der Waals surface area contributed by atoms with E-state index in [0.29, 0.717) is 11.8 Å². The lowest BCUT2D eigenvalue weighted by Crippen LogP contribution is -1.87. The summed E-state index contributed by atoms with van der Waals surface area (Å²) in [6.07, 6.45) is 9.24. The molecule has 22 heavy (non-hydrogen) atoms. The highest BCUT2D eigenvalue weighted by Crippen LogP contribution is 2.45. The topological polar surface area (TPSA) is 0 Å². The smallest absolute Gasteiger partial charge is 0.0490 e. The lowest BCUT2D eigenvalue weighted by Gasteiger charge is -2.07. The van der Waals surface area contributed by atoms with Crippen LogP contribution in [0.3, 0.4) is 0 Å². The molecule has 2 heterocycles. The Labute approximate surface area is 145 Å². The number of fused-ring (bicyclic) bond motifs is 1. The zero-order valence-electron chi connectivity index (χ0n) is 15.0. The van der Waals surface area contributed by atoms with Crippen LogP contribution in [0.25, 0.3) is 10.1 Å². The van der Waals surface area contributed by atoms with Gasteiger partial charge in [-0.05, 0) is 43.6 Å². The molecule has 0 aliphatic carbocycles. The first kappa shape index (κ1) is 18.0. The summed E-state index contributed by atoms with van der Waals surface area (Å²) in [6.45, 7) is 11.7. The lowest BCUT2D eigenvalue weighted by molar-refractivity contribution is 0.670. The molecule has 0 bridgehead atoms. The summed E-state index contributed by atoms with van der Waals surface area (Å²) in [4.78, 5) is 4.91. The van der Waals surface area contributed by atoms with Crippen molar-refractivity contribution in [3.05, 3.63) is 20.7 Å². The van der Waals surface area contributed by atoms with Crippen molar-refractivity contribution in [2.75, 3.05) is 0 Å². The van der Waals surface area contributed by atoms with E-state index in [2.05, 4.69) is 63.4 Å². The minimum absolute atomic E-state index is 0.702. The van der Waals surface area contributed by atoms with Crippen LogP contribution in [-0.2, 0) is 6.42 Å². The molecule has 0 aliphatic heterocycles. The lowest BCUT2D eigenvalue weighted by atomic mass is 10.0. The molecule has 0 amide bonds. The molecule has 0 N–H and O–H groups in total. The third-order valence-corrected chi connectivity index (χ3v) is 7.91. The summed E-state index contributed by atoms with van der Waals surface area (Å²) in [5.74, 6) is 1.41. The van der Waals surface area contributed by atoms with E-state index in [-0.39, 0.29) is 0 Å². The number of rotatable bonds is 9. The second kappa shape index (κ2) is 8.49. The van der Waals surface area contributed by atoms with Gasteiger partial charge in [0.2, 0.25) is 0 Å². The van der Waals surface area contributed by atoms with Gasteiger partial charge in [0.25, 0.3) is 0 Å². The van der Waals surface area contributed by atoms with Crippen LogP contribution in [0.1, 0.15) is 99.6 Å². The molecule has 2 rings (SSSR count). The average Bonchev–Trinajstić information content (AvgIpc) is 3.08. The third-order valence-electron chi connectivity index (χ3n) is 4.89. The Bertz CT molecular complexity index is 533. The molecule has 0 saturated carbocycles. The van der Waals surface area contributed by atoms with Crippen LogP contribution >= 0.6 is 22.7 Å². The van der Waals surface area contributed by atoms with Gasteiger partial charge in [0.1, 0.15) is 0 Å². The maximum Gasteiger partial charge on any atom is 0.0490 e. The molecule has 2 unspecified atom stereocenters. The van der Waals surface area contributed by atoms with E-state index in [1.165, 1.54) is 44.9 Å². The predicted octanol–water partition coefficient (Wildman–Crippen LogP) is 8.11. The minimum Gasteiger partial charge on any atom is -0.143 e. The Morgan fingerprint density at radius 2 is 1.55 bits per heavy atom. The first-order valence-electron chi connectivity index (χ1n) is 9.17. The van der Waals surface area contributed by atoms with E-state index in [9.17, 15) is 0 Å². The van der Waals surface area contributed by atoms with E-state index in [1.807, 2.05) is 0 Å². The maximum atomic E-state index is 2.52. The van der Waals surface area contributed by atoms with E-state index in [0.717, 1.165) is 0 Å². The van der Waals surface area contributed by atoms with Gasteiger partial charge >= 0.3 is 0 Å². The van der Waals surface area contributed by atoms with Gasteiger partial charge in [-0.15, -0.1) is 22.7 Å². The van der Waals surface area contributed by atoms with Gasteiger partial charge in [-0.3, -0.25) is 0 Å². The largest absolute Gasteiger partial charge is 0.143 e. The fourth-order valence-electron chi connectivity index (χ4n) is 2.94. The monoisotopic (exact) mass is 336 g/mol. The highest BCUT2D eigenvalue weighted by molar-refractivity contribution is 7.24. The Balaban J connectivity index is 2.29. The molecular weight excluding hydrogens is 304 g/mol. The van der Waals surface area contributed by atoms with Crippen molar-refractivity contribution in [1.82, 2.24) is 0 Å². The van der Waals surface area contributed by atoms with Gasteiger partial charge < -0.3 is 0 Å². The van der Waals surface area contributed by atoms with Crippen molar-refractivity contribution in [2.45, 2.75) is 91.4 Å². The molecule has 0 aliphatic rings. The van der Waals surface area contributed by atoms with Crippen molar-refractivity contribution in [3.8, 4) is 0 Å². The van der Waals surface area contributed by atoms with Crippen LogP contribution in [0.5, 0.6) is 0 Å². The van der Waals surface area contributed by atoms with Gasteiger partial charge in [-0.1, -0.05) is 53.9 Å². The van der Waals surface area contributed by atoms with Crippen LogP contribution in [0, 0.1) is 0 Å². The molecule has 0 fully saturated rings. The van der Waals surface area contributed by atoms with Gasteiger partial charge in [-0.2, -0.15) is 0 Å².